The lowest BCUT2D eigenvalue weighted by molar-refractivity contribution is 0.312. The van der Waals surface area contributed by atoms with Gasteiger partial charge in [0, 0.05) is 12.6 Å². The van der Waals surface area contributed by atoms with Crippen molar-refractivity contribution in [2.24, 2.45) is 0 Å². The Labute approximate surface area is 113 Å². The van der Waals surface area contributed by atoms with Gasteiger partial charge in [-0.05, 0) is 26.3 Å². The first-order valence-corrected chi connectivity index (χ1v) is 6.28. The second-order valence-electron chi connectivity index (χ2n) is 4.27. The largest absolute Gasteiger partial charge is 0.464 e. The molecule has 1 N–H and O–H groups in total. The van der Waals surface area contributed by atoms with Crippen LogP contribution in [0.2, 0.25) is 0 Å². The number of hydrogen-bond acceptors (Lipinski definition) is 5. The summed E-state index contributed by atoms with van der Waals surface area (Å²) in [5, 5.41) is 2.92. The lowest BCUT2D eigenvalue weighted by Gasteiger charge is -2.09. The molecule has 1 heterocycles. The molecule has 1 aromatic carbocycles. The fraction of sp³-hybridized carbons (Fsp3) is 0.357. The molecule has 0 fully saturated rings. The van der Waals surface area contributed by atoms with Gasteiger partial charge in [0.2, 0.25) is 5.95 Å². The predicted molar refractivity (Wildman–Crippen MR) is 75.5 cm³/mol. The molecule has 2 aromatic rings. The molecule has 100 valence electrons. The molecule has 0 amide bonds. The summed E-state index contributed by atoms with van der Waals surface area (Å²) in [6, 6.07) is 6.52. The summed E-state index contributed by atoms with van der Waals surface area (Å²) in [4.78, 5) is 12.9. The molecule has 0 spiro atoms. The van der Waals surface area contributed by atoms with Crippen LogP contribution in [0.1, 0.15) is 18.1 Å². The monoisotopic (exact) mass is 258 g/mol. The van der Waals surface area contributed by atoms with E-state index in [0.29, 0.717) is 24.4 Å². The molecule has 5 nitrogen and oxygen atoms in total. The molecular weight excluding hydrogens is 240 g/mol. The third kappa shape index (κ3) is 2.99. The average Bonchev–Trinajstić information content (AvgIpc) is 2.38. The van der Waals surface area contributed by atoms with Gasteiger partial charge in [0.25, 0.3) is 0 Å². The first-order chi connectivity index (χ1) is 9.13. The van der Waals surface area contributed by atoms with E-state index in [1.54, 1.807) is 7.05 Å². The fourth-order valence-corrected chi connectivity index (χ4v) is 1.85. The Morgan fingerprint density at radius 2 is 1.95 bits per heavy atom. The van der Waals surface area contributed by atoms with Gasteiger partial charge in [-0.3, -0.25) is 0 Å². The van der Waals surface area contributed by atoms with Gasteiger partial charge in [0.15, 0.2) is 5.82 Å². The van der Waals surface area contributed by atoms with Crippen molar-refractivity contribution in [3.8, 4) is 17.4 Å². The number of nitrogens with one attached hydrogen (secondary N) is 1. The van der Waals surface area contributed by atoms with E-state index in [4.69, 9.17) is 4.74 Å². The second-order valence-corrected chi connectivity index (χ2v) is 4.27. The minimum absolute atomic E-state index is 0.344. The van der Waals surface area contributed by atoms with Crippen molar-refractivity contribution in [2.75, 3.05) is 19.0 Å². The van der Waals surface area contributed by atoms with E-state index in [-0.39, 0.29) is 0 Å². The van der Waals surface area contributed by atoms with Crippen LogP contribution >= 0.6 is 0 Å². The van der Waals surface area contributed by atoms with Crippen LogP contribution in [-0.2, 0) is 0 Å². The van der Waals surface area contributed by atoms with Crippen LogP contribution in [0.4, 0.5) is 5.95 Å². The van der Waals surface area contributed by atoms with Crippen molar-refractivity contribution in [1.29, 1.82) is 0 Å². The minimum Gasteiger partial charge on any atom is -0.464 e. The van der Waals surface area contributed by atoms with E-state index in [1.807, 2.05) is 26.0 Å². The van der Waals surface area contributed by atoms with E-state index in [0.717, 1.165) is 11.1 Å². The quantitative estimate of drug-likeness (QED) is 0.913. The Kier molecular flexibility index (Phi) is 3.94. The Morgan fingerprint density at radius 1 is 1.16 bits per heavy atom. The second kappa shape index (κ2) is 5.65. The molecule has 2 rings (SSSR count). The van der Waals surface area contributed by atoms with E-state index >= 15 is 0 Å². The summed E-state index contributed by atoms with van der Waals surface area (Å²) in [6.07, 6.45) is 0. The Hall–Kier alpha value is -2.17. The molecule has 1 aromatic heterocycles. The number of benzene rings is 1. The lowest BCUT2D eigenvalue weighted by Crippen LogP contribution is -2.05. The van der Waals surface area contributed by atoms with Gasteiger partial charge in [-0.25, -0.2) is 0 Å². The van der Waals surface area contributed by atoms with Crippen LogP contribution < -0.4 is 10.1 Å². The summed E-state index contributed by atoms with van der Waals surface area (Å²) in [6.45, 7) is 6.54. The summed E-state index contributed by atoms with van der Waals surface area (Å²) in [5.41, 5.74) is 3.34. The van der Waals surface area contributed by atoms with Crippen LogP contribution in [0.5, 0.6) is 6.01 Å². The average molecular weight is 258 g/mol. The first-order valence-electron chi connectivity index (χ1n) is 6.28. The Morgan fingerprint density at radius 3 is 2.58 bits per heavy atom. The highest BCUT2D eigenvalue weighted by atomic mass is 16.5. The fourth-order valence-electron chi connectivity index (χ4n) is 1.85. The summed E-state index contributed by atoms with van der Waals surface area (Å²) >= 11 is 0. The number of ether oxygens (including phenoxy) is 1. The highest BCUT2D eigenvalue weighted by Gasteiger charge is 2.10. The molecule has 0 saturated carbocycles. The van der Waals surface area contributed by atoms with Crippen molar-refractivity contribution in [2.45, 2.75) is 20.8 Å². The number of hydrogen-bond donors (Lipinski definition) is 1. The molecular formula is C14H18N4O. The zero-order valence-electron chi connectivity index (χ0n) is 11.7. The van der Waals surface area contributed by atoms with Gasteiger partial charge >= 0.3 is 6.01 Å². The molecule has 0 saturated heterocycles. The SMILES string of the molecule is CCOc1nc(NC)nc(-c2ccc(C)cc2C)n1. The predicted octanol–water partition coefficient (Wildman–Crippen LogP) is 2.60. The number of anilines is 1. The molecule has 0 unspecified atom stereocenters. The standard InChI is InChI=1S/C14H18N4O/c1-5-19-14-17-12(16-13(15-4)18-14)11-7-6-9(2)8-10(11)3/h6-8H,5H2,1-4H3,(H,15,16,17,18). The number of nitrogens with zero attached hydrogens (tertiary/aromatic N) is 3. The van der Waals surface area contributed by atoms with Crippen LogP contribution in [-0.4, -0.2) is 28.6 Å². The number of aryl methyl sites for hydroxylation is 2. The Bertz CT molecular complexity index is 584. The van der Waals surface area contributed by atoms with Crippen LogP contribution in [0.15, 0.2) is 18.2 Å². The van der Waals surface area contributed by atoms with Crippen molar-refractivity contribution < 1.29 is 4.74 Å². The van der Waals surface area contributed by atoms with Gasteiger partial charge in [0.05, 0.1) is 6.61 Å². The molecule has 0 aliphatic rings. The molecule has 19 heavy (non-hydrogen) atoms. The van der Waals surface area contributed by atoms with E-state index in [2.05, 4.69) is 33.3 Å². The molecule has 5 heteroatoms. The molecule has 0 aliphatic carbocycles. The zero-order valence-corrected chi connectivity index (χ0v) is 11.7. The smallest absolute Gasteiger partial charge is 0.321 e. The number of rotatable bonds is 4. The van der Waals surface area contributed by atoms with E-state index < -0.39 is 0 Å². The highest BCUT2D eigenvalue weighted by molar-refractivity contribution is 5.61. The van der Waals surface area contributed by atoms with Crippen molar-refractivity contribution in [3.63, 3.8) is 0 Å². The summed E-state index contributed by atoms with van der Waals surface area (Å²) in [5.74, 6) is 1.13. The van der Waals surface area contributed by atoms with Gasteiger partial charge in [-0.15, -0.1) is 0 Å². The molecule has 0 atom stereocenters. The maximum atomic E-state index is 5.37. The van der Waals surface area contributed by atoms with Gasteiger partial charge in [0.1, 0.15) is 0 Å². The third-order valence-electron chi connectivity index (χ3n) is 2.73. The van der Waals surface area contributed by atoms with Crippen LogP contribution in [0.3, 0.4) is 0 Å². The van der Waals surface area contributed by atoms with Crippen LogP contribution in [0.25, 0.3) is 11.4 Å². The minimum atomic E-state index is 0.344. The maximum Gasteiger partial charge on any atom is 0.321 e. The van der Waals surface area contributed by atoms with Crippen molar-refractivity contribution >= 4 is 5.95 Å². The van der Waals surface area contributed by atoms with E-state index in [9.17, 15) is 0 Å². The number of aromatic nitrogens is 3. The van der Waals surface area contributed by atoms with Gasteiger partial charge in [-0.2, -0.15) is 15.0 Å². The van der Waals surface area contributed by atoms with Gasteiger partial charge in [-0.1, -0.05) is 23.8 Å². The first kappa shape index (κ1) is 13.3. The Balaban J connectivity index is 2.51. The lowest BCUT2D eigenvalue weighted by atomic mass is 10.1. The summed E-state index contributed by atoms with van der Waals surface area (Å²) in [7, 11) is 1.77. The molecule has 0 radical (unpaired) electrons. The van der Waals surface area contributed by atoms with Crippen LogP contribution in [0, 0.1) is 13.8 Å². The van der Waals surface area contributed by atoms with E-state index in [1.165, 1.54) is 5.56 Å². The molecule has 0 bridgehead atoms. The summed E-state index contributed by atoms with van der Waals surface area (Å²) < 4.78 is 5.37. The third-order valence-corrected chi connectivity index (χ3v) is 2.73. The van der Waals surface area contributed by atoms with Crippen molar-refractivity contribution in [3.05, 3.63) is 29.3 Å². The normalized spacial score (nSPS) is 10.3. The highest BCUT2D eigenvalue weighted by Crippen LogP contribution is 2.23. The molecule has 0 aliphatic heterocycles. The van der Waals surface area contributed by atoms with Gasteiger partial charge < -0.3 is 10.1 Å². The van der Waals surface area contributed by atoms with Crippen molar-refractivity contribution in [1.82, 2.24) is 15.0 Å². The topological polar surface area (TPSA) is 59.9 Å². The zero-order chi connectivity index (χ0) is 13.8. The maximum absolute atomic E-state index is 5.37.